The van der Waals surface area contributed by atoms with Crippen molar-refractivity contribution in [2.75, 3.05) is 0 Å². The second kappa shape index (κ2) is 8.28. The molecule has 1 atom stereocenters. The third-order valence-corrected chi connectivity index (χ3v) is 2.47. The Bertz CT molecular complexity index is 472. The van der Waals surface area contributed by atoms with Gasteiger partial charge in [0.1, 0.15) is 11.8 Å². The molecule has 0 saturated carbocycles. The number of alkyl halides is 3. The van der Waals surface area contributed by atoms with Gasteiger partial charge < -0.3 is 5.11 Å². The molecule has 0 aliphatic carbocycles. The Morgan fingerprint density at radius 1 is 1.20 bits per heavy atom. The normalized spacial score (nSPS) is 13.8. The van der Waals surface area contributed by atoms with Gasteiger partial charge in [-0.05, 0) is 5.92 Å². The second-order valence-electron chi connectivity index (χ2n) is 4.37. The number of carbonyl (C=O) groups is 1. The minimum atomic E-state index is -4.69. The Kier molecular flexibility index (Phi) is 8.19. The first-order valence-electron chi connectivity index (χ1n) is 5.66. The second-order valence-corrected chi connectivity index (χ2v) is 4.37. The molecule has 0 aliphatic heterocycles. The Morgan fingerprint density at radius 2 is 1.70 bits per heavy atom. The first-order chi connectivity index (χ1) is 8.73. The third kappa shape index (κ3) is 5.65. The van der Waals surface area contributed by atoms with Crippen molar-refractivity contribution in [3.8, 4) is 0 Å². The molecule has 0 amide bonds. The van der Waals surface area contributed by atoms with Crippen LogP contribution in [-0.2, 0) is 4.79 Å². The van der Waals surface area contributed by atoms with Gasteiger partial charge in [-0.1, -0.05) is 44.2 Å². The van der Waals surface area contributed by atoms with E-state index in [4.69, 9.17) is 5.11 Å². The van der Waals surface area contributed by atoms with E-state index < -0.39 is 29.8 Å². The molecule has 1 aromatic carbocycles. The average molecular weight is 313 g/mol. The molecule has 0 heterocycles. The molecule has 106 valence electrons. The van der Waals surface area contributed by atoms with Gasteiger partial charge in [-0.2, -0.15) is 13.2 Å². The predicted octanol–water partition coefficient (Wildman–Crippen LogP) is 2.50. The molecular formula is C13H15F3KNO2. The van der Waals surface area contributed by atoms with E-state index in [1.54, 1.807) is 6.07 Å². The summed E-state index contributed by atoms with van der Waals surface area (Å²) in [7, 11) is 0. The van der Waals surface area contributed by atoms with Gasteiger partial charge in [0.05, 0.1) is 0 Å². The summed E-state index contributed by atoms with van der Waals surface area (Å²) >= 11 is 0. The van der Waals surface area contributed by atoms with Gasteiger partial charge >= 0.3 is 63.5 Å². The molecule has 0 radical (unpaired) electrons. The number of benzene rings is 1. The van der Waals surface area contributed by atoms with E-state index in [-0.39, 0.29) is 56.9 Å². The van der Waals surface area contributed by atoms with E-state index in [0.29, 0.717) is 0 Å². The van der Waals surface area contributed by atoms with Crippen molar-refractivity contribution >= 4 is 63.1 Å². The Labute approximate surface area is 157 Å². The van der Waals surface area contributed by atoms with Crippen LogP contribution >= 0.6 is 0 Å². The molecule has 3 nitrogen and oxygen atoms in total. The van der Waals surface area contributed by atoms with Crippen molar-refractivity contribution in [1.29, 1.82) is 0 Å². The molecule has 1 aromatic rings. The molecule has 0 fully saturated rings. The Balaban J connectivity index is 0.00000361. The van der Waals surface area contributed by atoms with Crippen LogP contribution in [0.1, 0.15) is 19.4 Å². The van der Waals surface area contributed by atoms with E-state index >= 15 is 0 Å². The van der Waals surface area contributed by atoms with Crippen LogP contribution in [0.4, 0.5) is 13.2 Å². The summed E-state index contributed by atoms with van der Waals surface area (Å²) in [5.74, 6) is -1.90. The van der Waals surface area contributed by atoms with Gasteiger partial charge in [0.15, 0.2) is 0 Å². The zero-order valence-electron chi connectivity index (χ0n) is 10.5. The van der Waals surface area contributed by atoms with Crippen molar-refractivity contribution in [3.05, 3.63) is 35.9 Å². The molecule has 1 rings (SSSR count). The monoisotopic (exact) mass is 313 g/mol. The quantitative estimate of drug-likeness (QED) is 0.686. The maximum atomic E-state index is 13.0. The molecule has 0 spiro atoms. The number of aliphatic imine (C=N–C) groups is 1. The molecule has 0 bridgehead atoms. The Hall–Kier alpha value is -0.214. The number of nitrogens with zero attached hydrogens (tertiary/aromatic N) is 1. The minimum absolute atomic E-state index is 0. The first-order valence-corrected chi connectivity index (χ1v) is 5.66. The van der Waals surface area contributed by atoms with E-state index in [2.05, 4.69) is 4.99 Å². The zero-order valence-corrected chi connectivity index (χ0v) is 10.5. The topological polar surface area (TPSA) is 49.7 Å². The van der Waals surface area contributed by atoms with Gasteiger partial charge in [0.2, 0.25) is 0 Å². The molecule has 0 unspecified atom stereocenters. The van der Waals surface area contributed by atoms with Crippen molar-refractivity contribution in [1.82, 2.24) is 0 Å². The van der Waals surface area contributed by atoms with Crippen LogP contribution in [0.2, 0.25) is 0 Å². The summed E-state index contributed by atoms with van der Waals surface area (Å²) in [6, 6.07) is 5.56. The number of aliphatic carboxylic acids is 1. The van der Waals surface area contributed by atoms with E-state index in [0.717, 1.165) is 0 Å². The van der Waals surface area contributed by atoms with Crippen LogP contribution in [-0.4, -0.2) is 80.4 Å². The van der Waals surface area contributed by atoms with Crippen LogP contribution in [0.25, 0.3) is 0 Å². The van der Waals surface area contributed by atoms with Gasteiger partial charge in [-0.15, -0.1) is 0 Å². The summed E-state index contributed by atoms with van der Waals surface area (Å²) < 4.78 is 38.9. The standard InChI is InChI=1S/C13H14F3NO2.K.H/c1-8(2)10(12(18)19)17-11(13(14,15)16)9-6-4-3-5-7-9;;/h3-8,10H,1-2H3,(H,18,19);;/b17-11+;;/t10-;;/m0../s1. The van der Waals surface area contributed by atoms with Gasteiger partial charge in [-0.3, -0.25) is 4.99 Å². The van der Waals surface area contributed by atoms with E-state index in [1.165, 1.54) is 38.1 Å². The van der Waals surface area contributed by atoms with Crippen LogP contribution in [0.15, 0.2) is 35.3 Å². The van der Waals surface area contributed by atoms with Gasteiger partial charge in [0.25, 0.3) is 0 Å². The number of carboxylic acid groups (broad SMARTS) is 1. The molecule has 0 aromatic heterocycles. The van der Waals surface area contributed by atoms with Crippen LogP contribution in [0.5, 0.6) is 0 Å². The predicted molar refractivity (Wildman–Crippen MR) is 72.4 cm³/mol. The summed E-state index contributed by atoms with van der Waals surface area (Å²) in [6.45, 7) is 3.03. The number of hydrogen-bond donors (Lipinski definition) is 1. The van der Waals surface area contributed by atoms with E-state index in [1.807, 2.05) is 0 Å². The molecule has 0 aliphatic rings. The summed E-state index contributed by atoms with van der Waals surface area (Å²) in [5.41, 5.74) is -1.30. The SMILES string of the molecule is CC(C)[C@H](/N=C(\c1ccccc1)C(F)(F)F)C(=O)O.[KH]. The third-order valence-electron chi connectivity index (χ3n) is 2.47. The number of rotatable bonds is 4. The molecule has 1 N–H and O–H groups in total. The molecular weight excluding hydrogens is 298 g/mol. The number of halogens is 3. The van der Waals surface area contributed by atoms with E-state index in [9.17, 15) is 18.0 Å². The van der Waals surface area contributed by atoms with Crippen molar-refractivity contribution < 1.29 is 23.1 Å². The molecule has 0 saturated heterocycles. The molecule has 20 heavy (non-hydrogen) atoms. The average Bonchev–Trinajstić information content (AvgIpc) is 2.28. The van der Waals surface area contributed by atoms with Gasteiger partial charge in [-0.25, -0.2) is 4.79 Å². The van der Waals surface area contributed by atoms with Crippen LogP contribution < -0.4 is 0 Å². The van der Waals surface area contributed by atoms with Crippen molar-refractivity contribution in [3.63, 3.8) is 0 Å². The zero-order chi connectivity index (χ0) is 14.6. The fraction of sp³-hybridized carbons (Fsp3) is 0.385. The van der Waals surface area contributed by atoms with Gasteiger partial charge in [0, 0.05) is 5.56 Å². The molecule has 7 heteroatoms. The van der Waals surface area contributed by atoms with Crippen molar-refractivity contribution in [2.24, 2.45) is 10.9 Å². The number of hydrogen-bond acceptors (Lipinski definition) is 2. The summed E-state index contributed by atoms with van der Waals surface area (Å²) in [4.78, 5) is 14.4. The van der Waals surface area contributed by atoms with Crippen LogP contribution in [0.3, 0.4) is 0 Å². The summed E-state index contributed by atoms with van der Waals surface area (Å²) in [5, 5.41) is 8.93. The summed E-state index contributed by atoms with van der Waals surface area (Å²) in [6.07, 6.45) is -4.69. The fourth-order valence-corrected chi connectivity index (χ4v) is 1.54. The fourth-order valence-electron chi connectivity index (χ4n) is 1.54. The maximum absolute atomic E-state index is 13.0. The Morgan fingerprint density at radius 3 is 2.05 bits per heavy atom. The van der Waals surface area contributed by atoms with Crippen LogP contribution in [0, 0.1) is 5.92 Å². The van der Waals surface area contributed by atoms with Crippen molar-refractivity contribution in [2.45, 2.75) is 26.1 Å². The first kappa shape index (κ1) is 19.8. The number of carboxylic acids is 1.